The summed E-state index contributed by atoms with van der Waals surface area (Å²) in [5, 5.41) is 13.0. The van der Waals surface area contributed by atoms with Crippen LogP contribution in [0, 0.1) is 12.8 Å². The lowest BCUT2D eigenvalue weighted by atomic mass is 9.95. The van der Waals surface area contributed by atoms with Crippen LogP contribution in [-0.4, -0.2) is 57.0 Å². The summed E-state index contributed by atoms with van der Waals surface area (Å²) in [6.07, 6.45) is 4.94. The van der Waals surface area contributed by atoms with Gasteiger partial charge in [-0.25, -0.2) is 4.98 Å². The van der Waals surface area contributed by atoms with Crippen molar-refractivity contribution >= 4 is 23.2 Å². The first-order chi connectivity index (χ1) is 13.3. The summed E-state index contributed by atoms with van der Waals surface area (Å²) < 4.78 is 0. The van der Waals surface area contributed by atoms with Crippen LogP contribution >= 0.6 is 11.3 Å². The van der Waals surface area contributed by atoms with Crippen molar-refractivity contribution in [3.05, 3.63) is 35.1 Å². The average molecular weight is 403 g/mol. The number of rotatable bonds is 5. The molecule has 150 valence electrons. The predicted octanol–water partition coefficient (Wildman–Crippen LogP) is 2.25. The van der Waals surface area contributed by atoms with E-state index < -0.39 is 5.54 Å². The number of hydrogen-bond donors (Lipinski definition) is 2. The minimum Gasteiger partial charge on any atom is -0.394 e. The molecule has 1 aliphatic heterocycles. The number of aliphatic hydroxyl groups is 1. The van der Waals surface area contributed by atoms with Crippen LogP contribution in [0.4, 0.5) is 0 Å². The van der Waals surface area contributed by atoms with Gasteiger partial charge >= 0.3 is 0 Å². The number of amides is 2. The van der Waals surface area contributed by atoms with E-state index in [9.17, 15) is 14.7 Å². The molecule has 2 amide bonds. The van der Waals surface area contributed by atoms with E-state index in [0.29, 0.717) is 23.7 Å². The molecule has 0 aliphatic carbocycles. The molecule has 0 saturated carbocycles. The van der Waals surface area contributed by atoms with E-state index in [4.69, 9.17) is 0 Å². The maximum atomic E-state index is 13.1. The molecule has 1 saturated heterocycles. The van der Waals surface area contributed by atoms with Crippen LogP contribution < -0.4 is 5.32 Å². The molecular weight excluding hydrogens is 376 g/mol. The molecule has 3 heterocycles. The Kier molecular flexibility index (Phi) is 6.10. The number of aromatic nitrogens is 2. The second-order valence-electron chi connectivity index (χ2n) is 7.80. The zero-order chi connectivity index (χ0) is 20.3. The summed E-state index contributed by atoms with van der Waals surface area (Å²) in [4.78, 5) is 36.6. The number of nitrogens with one attached hydrogen (secondary N) is 1. The summed E-state index contributed by atoms with van der Waals surface area (Å²) in [6, 6.07) is 3.76. The van der Waals surface area contributed by atoms with Crippen molar-refractivity contribution in [1.29, 1.82) is 0 Å². The molecule has 0 spiro atoms. The number of likely N-dealkylation sites (tertiary alicyclic amines) is 1. The number of carbonyl (C=O) groups is 2. The summed E-state index contributed by atoms with van der Waals surface area (Å²) >= 11 is 1.36. The van der Waals surface area contributed by atoms with Crippen LogP contribution in [0.3, 0.4) is 0 Å². The molecule has 1 atom stereocenters. The van der Waals surface area contributed by atoms with Gasteiger partial charge in [0.1, 0.15) is 9.88 Å². The van der Waals surface area contributed by atoms with Gasteiger partial charge in [-0.15, -0.1) is 11.3 Å². The Bertz CT molecular complexity index is 850. The molecule has 28 heavy (non-hydrogen) atoms. The molecule has 0 bridgehead atoms. The number of thiazole rings is 1. The smallest absolute Gasteiger partial charge is 0.265 e. The number of aryl methyl sites for hydroxylation is 1. The monoisotopic (exact) mass is 402 g/mol. The highest BCUT2D eigenvalue weighted by Gasteiger charge is 2.32. The van der Waals surface area contributed by atoms with Crippen LogP contribution in [0.2, 0.25) is 0 Å². The maximum absolute atomic E-state index is 13.1. The van der Waals surface area contributed by atoms with E-state index in [1.807, 2.05) is 19.1 Å². The van der Waals surface area contributed by atoms with E-state index in [2.05, 4.69) is 15.3 Å². The van der Waals surface area contributed by atoms with Crippen LogP contribution in [0.25, 0.3) is 10.6 Å². The van der Waals surface area contributed by atoms with Crippen molar-refractivity contribution in [3.8, 4) is 10.6 Å². The van der Waals surface area contributed by atoms with Gasteiger partial charge in [-0.05, 0) is 45.7 Å². The summed E-state index contributed by atoms with van der Waals surface area (Å²) in [5.41, 5.74) is 0.912. The van der Waals surface area contributed by atoms with E-state index in [0.717, 1.165) is 23.4 Å². The summed E-state index contributed by atoms with van der Waals surface area (Å²) in [5.74, 6) is -0.466. The van der Waals surface area contributed by atoms with Crippen LogP contribution in [-0.2, 0) is 4.79 Å². The van der Waals surface area contributed by atoms with Gasteiger partial charge in [0.25, 0.3) is 5.91 Å². The molecule has 7 nitrogen and oxygen atoms in total. The van der Waals surface area contributed by atoms with Crippen molar-refractivity contribution in [2.24, 2.45) is 5.92 Å². The van der Waals surface area contributed by atoms with Gasteiger partial charge in [-0.2, -0.15) is 0 Å². The fraction of sp³-hybridized carbons (Fsp3) is 0.500. The van der Waals surface area contributed by atoms with Crippen molar-refractivity contribution in [2.45, 2.75) is 39.2 Å². The Hall–Kier alpha value is -2.32. The van der Waals surface area contributed by atoms with Crippen LogP contribution in [0.15, 0.2) is 24.5 Å². The van der Waals surface area contributed by atoms with Gasteiger partial charge in [0.05, 0.1) is 23.8 Å². The van der Waals surface area contributed by atoms with Crippen LogP contribution in [0.5, 0.6) is 0 Å². The largest absolute Gasteiger partial charge is 0.394 e. The molecular formula is C20H26N4O3S. The molecule has 2 N–H and O–H groups in total. The fourth-order valence-corrected chi connectivity index (χ4v) is 4.23. The van der Waals surface area contributed by atoms with Crippen molar-refractivity contribution in [1.82, 2.24) is 20.2 Å². The Labute approximate surface area is 168 Å². The third-order valence-electron chi connectivity index (χ3n) is 4.84. The van der Waals surface area contributed by atoms with E-state index in [1.165, 1.54) is 11.3 Å². The van der Waals surface area contributed by atoms with Gasteiger partial charge in [0.15, 0.2) is 0 Å². The number of pyridine rings is 1. The predicted molar refractivity (Wildman–Crippen MR) is 108 cm³/mol. The Morgan fingerprint density at radius 1 is 1.43 bits per heavy atom. The second-order valence-corrected chi connectivity index (χ2v) is 8.80. The van der Waals surface area contributed by atoms with Crippen molar-refractivity contribution < 1.29 is 14.7 Å². The molecule has 0 aromatic carbocycles. The number of carbonyl (C=O) groups excluding carboxylic acids is 2. The molecule has 2 aromatic rings. The Balaban J connectivity index is 1.72. The first kappa shape index (κ1) is 20.4. The highest BCUT2D eigenvalue weighted by molar-refractivity contribution is 7.17. The minimum atomic E-state index is -0.670. The molecule has 2 aromatic heterocycles. The van der Waals surface area contributed by atoms with Gasteiger partial charge < -0.3 is 15.3 Å². The fourth-order valence-electron chi connectivity index (χ4n) is 3.20. The number of nitrogens with zero attached hydrogens (tertiary/aromatic N) is 3. The number of aliphatic hydroxyl groups excluding tert-OH is 1. The Morgan fingerprint density at radius 2 is 2.21 bits per heavy atom. The first-order valence-corrected chi connectivity index (χ1v) is 10.2. The third kappa shape index (κ3) is 4.56. The SMILES string of the molecule is Cc1nc(-c2cccnc2)sc1C(=O)N1CCCC(C(=O)NC(C)(C)CO)C1. The summed E-state index contributed by atoms with van der Waals surface area (Å²) in [7, 11) is 0. The average Bonchev–Trinajstić information content (AvgIpc) is 3.09. The standard InChI is InChI=1S/C20H26N4O3S/c1-13-16(28-18(22-13)14-6-4-8-21-10-14)19(27)24-9-5-7-15(11-24)17(26)23-20(2,3)12-25/h4,6,8,10,15,25H,5,7,9,11-12H2,1-3H3,(H,23,26). The van der Waals surface area contributed by atoms with Gasteiger partial charge in [0.2, 0.25) is 5.91 Å². The van der Waals surface area contributed by atoms with E-state index >= 15 is 0 Å². The normalized spacial score (nSPS) is 17.4. The topological polar surface area (TPSA) is 95.4 Å². The Morgan fingerprint density at radius 3 is 2.89 bits per heavy atom. The highest BCUT2D eigenvalue weighted by atomic mass is 32.1. The molecule has 1 aliphatic rings. The minimum absolute atomic E-state index is 0.0796. The third-order valence-corrected chi connectivity index (χ3v) is 6.03. The molecule has 0 radical (unpaired) electrons. The number of hydrogen-bond acceptors (Lipinski definition) is 6. The van der Waals surface area contributed by atoms with E-state index in [1.54, 1.807) is 31.1 Å². The van der Waals surface area contributed by atoms with Gasteiger partial charge in [0, 0.05) is 31.0 Å². The van der Waals surface area contributed by atoms with Gasteiger partial charge in [-0.1, -0.05) is 0 Å². The zero-order valence-corrected chi connectivity index (χ0v) is 17.3. The molecule has 8 heteroatoms. The van der Waals surface area contributed by atoms with Crippen LogP contribution in [0.1, 0.15) is 42.1 Å². The first-order valence-electron chi connectivity index (χ1n) is 9.41. The van der Waals surface area contributed by atoms with E-state index in [-0.39, 0.29) is 24.3 Å². The quantitative estimate of drug-likeness (QED) is 0.800. The highest BCUT2D eigenvalue weighted by Crippen LogP contribution is 2.29. The van der Waals surface area contributed by atoms with Gasteiger partial charge in [-0.3, -0.25) is 14.6 Å². The van der Waals surface area contributed by atoms with Crippen molar-refractivity contribution in [3.63, 3.8) is 0 Å². The maximum Gasteiger partial charge on any atom is 0.265 e. The number of piperidine rings is 1. The lowest BCUT2D eigenvalue weighted by Crippen LogP contribution is -2.52. The molecule has 3 rings (SSSR count). The second kappa shape index (κ2) is 8.36. The lowest BCUT2D eigenvalue weighted by molar-refractivity contribution is -0.128. The summed E-state index contributed by atoms with van der Waals surface area (Å²) in [6.45, 7) is 6.26. The lowest BCUT2D eigenvalue weighted by Gasteiger charge is -2.34. The molecule has 1 fully saturated rings. The van der Waals surface area contributed by atoms with Crippen molar-refractivity contribution in [2.75, 3.05) is 19.7 Å². The molecule has 1 unspecified atom stereocenters. The zero-order valence-electron chi connectivity index (χ0n) is 16.4.